The van der Waals surface area contributed by atoms with E-state index in [4.69, 9.17) is 9.47 Å². The van der Waals surface area contributed by atoms with E-state index in [9.17, 15) is 4.79 Å². The lowest BCUT2D eigenvalue weighted by Gasteiger charge is -2.15. The first kappa shape index (κ1) is 28.7. The number of rotatable bonds is 19. The van der Waals surface area contributed by atoms with Crippen molar-refractivity contribution in [3.63, 3.8) is 0 Å². The fraction of sp³-hybridized carbons (Fsp3) is 0.581. The van der Waals surface area contributed by atoms with Crippen LogP contribution >= 0.6 is 0 Å². The molecular formula is C31H47NO3. The van der Waals surface area contributed by atoms with Crippen molar-refractivity contribution in [3.8, 4) is 11.5 Å². The molecule has 0 aromatic heterocycles. The predicted molar refractivity (Wildman–Crippen MR) is 148 cm³/mol. The number of nitrogens with one attached hydrogen (secondary N) is 1. The van der Waals surface area contributed by atoms with Gasteiger partial charge < -0.3 is 14.8 Å². The summed E-state index contributed by atoms with van der Waals surface area (Å²) < 4.78 is 11.0. The van der Waals surface area contributed by atoms with Gasteiger partial charge in [-0.05, 0) is 55.7 Å². The number of aryl methyl sites for hydroxylation is 1. The van der Waals surface area contributed by atoms with Crippen molar-refractivity contribution in [1.29, 1.82) is 0 Å². The Bertz CT molecular complexity index is 832. The van der Waals surface area contributed by atoms with E-state index in [1.807, 2.05) is 43.3 Å². The smallest absolute Gasteiger partial charge is 0.259 e. The SMILES string of the molecule is CCCCCCCCCCCCCCCc1cccc(OCC)c1C(=O)Nc1ccc(OC)cc1. The summed E-state index contributed by atoms with van der Waals surface area (Å²) >= 11 is 0. The Morgan fingerprint density at radius 3 is 1.86 bits per heavy atom. The lowest BCUT2D eigenvalue weighted by Crippen LogP contribution is -2.16. The van der Waals surface area contributed by atoms with E-state index in [2.05, 4.69) is 18.3 Å². The van der Waals surface area contributed by atoms with Gasteiger partial charge in [-0.25, -0.2) is 0 Å². The molecule has 0 aliphatic rings. The van der Waals surface area contributed by atoms with Gasteiger partial charge in [-0.2, -0.15) is 0 Å². The Morgan fingerprint density at radius 2 is 1.31 bits per heavy atom. The molecule has 0 atom stereocenters. The Labute approximate surface area is 213 Å². The zero-order valence-corrected chi connectivity index (χ0v) is 22.4. The summed E-state index contributed by atoms with van der Waals surface area (Å²) in [4.78, 5) is 13.2. The highest BCUT2D eigenvalue weighted by Crippen LogP contribution is 2.26. The van der Waals surface area contributed by atoms with Crippen molar-refractivity contribution < 1.29 is 14.3 Å². The average molecular weight is 482 g/mol. The highest BCUT2D eigenvalue weighted by atomic mass is 16.5. The maximum Gasteiger partial charge on any atom is 0.259 e. The molecule has 0 saturated heterocycles. The second kappa shape index (κ2) is 17.9. The molecule has 0 aliphatic heterocycles. The molecule has 35 heavy (non-hydrogen) atoms. The van der Waals surface area contributed by atoms with E-state index >= 15 is 0 Å². The number of methoxy groups -OCH3 is 1. The standard InChI is InChI=1S/C31H47NO3/c1-4-6-7-8-9-10-11-12-13-14-15-16-17-19-26-20-18-21-29(35-5-2)30(26)31(33)32-27-22-24-28(34-3)25-23-27/h18,20-25H,4-17,19H2,1-3H3,(H,32,33). The molecule has 0 bridgehead atoms. The second-order valence-corrected chi connectivity index (χ2v) is 9.40. The van der Waals surface area contributed by atoms with Crippen LogP contribution in [0.4, 0.5) is 5.69 Å². The number of amides is 1. The summed E-state index contributed by atoms with van der Waals surface area (Å²) in [7, 11) is 1.63. The normalized spacial score (nSPS) is 10.8. The quantitative estimate of drug-likeness (QED) is 0.204. The van der Waals surface area contributed by atoms with Crippen molar-refractivity contribution in [2.45, 2.75) is 104 Å². The molecule has 0 radical (unpaired) electrons. The van der Waals surface area contributed by atoms with E-state index in [1.54, 1.807) is 7.11 Å². The molecule has 4 heteroatoms. The number of carbonyl (C=O) groups is 1. The van der Waals surface area contributed by atoms with E-state index in [1.165, 1.54) is 77.0 Å². The van der Waals surface area contributed by atoms with Gasteiger partial charge in [0.15, 0.2) is 0 Å². The third-order valence-electron chi connectivity index (χ3n) is 6.54. The highest BCUT2D eigenvalue weighted by molar-refractivity contribution is 6.07. The Balaban J connectivity index is 1.76. The Morgan fingerprint density at radius 1 is 0.743 bits per heavy atom. The molecule has 2 rings (SSSR count). The lowest BCUT2D eigenvalue weighted by atomic mass is 9.98. The molecule has 4 nitrogen and oxygen atoms in total. The lowest BCUT2D eigenvalue weighted by molar-refractivity contribution is 0.102. The number of unbranched alkanes of at least 4 members (excludes halogenated alkanes) is 12. The molecule has 194 valence electrons. The van der Waals surface area contributed by atoms with E-state index in [-0.39, 0.29) is 5.91 Å². The molecule has 0 aliphatic carbocycles. The summed E-state index contributed by atoms with van der Waals surface area (Å²) in [6.07, 6.45) is 18.3. The molecule has 0 saturated carbocycles. The molecule has 0 unspecified atom stereocenters. The van der Waals surface area contributed by atoms with Crippen molar-refractivity contribution in [1.82, 2.24) is 0 Å². The number of carbonyl (C=O) groups excluding carboxylic acids is 1. The summed E-state index contributed by atoms with van der Waals surface area (Å²) in [5.41, 5.74) is 2.46. The van der Waals surface area contributed by atoms with Gasteiger partial charge in [0.1, 0.15) is 11.5 Å². The maximum atomic E-state index is 13.2. The number of hydrogen-bond acceptors (Lipinski definition) is 3. The van der Waals surface area contributed by atoms with Crippen molar-refractivity contribution in [2.75, 3.05) is 19.0 Å². The minimum absolute atomic E-state index is 0.121. The van der Waals surface area contributed by atoms with Crippen molar-refractivity contribution in [2.24, 2.45) is 0 Å². The highest BCUT2D eigenvalue weighted by Gasteiger charge is 2.17. The van der Waals surface area contributed by atoms with Crippen LogP contribution in [0.3, 0.4) is 0 Å². The van der Waals surface area contributed by atoms with Crippen LogP contribution in [0, 0.1) is 0 Å². The Kier molecular flexibility index (Phi) is 14.7. The van der Waals surface area contributed by atoms with Gasteiger partial charge in [0.2, 0.25) is 0 Å². The van der Waals surface area contributed by atoms with Crippen LogP contribution < -0.4 is 14.8 Å². The van der Waals surface area contributed by atoms with Crippen LogP contribution in [0.5, 0.6) is 11.5 Å². The molecule has 1 amide bonds. The van der Waals surface area contributed by atoms with Crippen LogP contribution in [0.1, 0.15) is 113 Å². The zero-order valence-electron chi connectivity index (χ0n) is 22.4. The van der Waals surface area contributed by atoms with Crippen LogP contribution in [0.15, 0.2) is 42.5 Å². The topological polar surface area (TPSA) is 47.6 Å². The van der Waals surface area contributed by atoms with Crippen molar-refractivity contribution >= 4 is 11.6 Å². The minimum atomic E-state index is -0.121. The minimum Gasteiger partial charge on any atom is -0.497 e. The van der Waals surface area contributed by atoms with E-state index in [0.29, 0.717) is 17.9 Å². The molecule has 0 spiro atoms. The second-order valence-electron chi connectivity index (χ2n) is 9.40. The number of anilines is 1. The molecule has 0 heterocycles. The van der Waals surface area contributed by atoms with Gasteiger partial charge >= 0.3 is 0 Å². The summed E-state index contributed by atoms with van der Waals surface area (Å²) in [5.74, 6) is 1.30. The molecule has 1 N–H and O–H groups in total. The largest absolute Gasteiger partial charge is 0.497 e. The first-order valence-corrected chi connectivity index (χ1v) is 13.9. The van der Waals surface area contributed by atoms with Crippen molar-refractivity contribution in [3.05, 3.63) is 53.6 Å². The van der Waals surface area contributed by atoms with Gasteiger partial charge in [-0.1, -0.05) is 96.1 Å². The number of benzene rings is 2. The molecule has 2 aromatic carbocycles. The third-order valence-corrected chi connectivity index (χ3v) is 6.54. The van der Waals surface area contributed by atoms with Crippen LogP contribution in [0.25, 0.3) is 0 Å². The van der Waals surface area contributed by atoms with E-state index in [0.717, 1.165) is 29.8 Å². The number of ether oxygens (including phenoxy) is 2. The summed E-state index contributed by atoms with van der Waals surface area (Å²) in [6.45, 7) is 4.76. The van der Waals surface area contributed by atoms with Gasteiger partial charge in [-0.3, -0.25) is 4.79 Å². The van der Waals surface area contributed by atoms with Gasteiger partial charge in [0.05, 0.1) is 19.3 Å². The summed E-state index contributed by atoms with van der Waals surface area (Å²) in [6, 6.07) is 13.3. The van der Waals surface area contributed by atoms with Crippen LogP contribution in [-0.4, -0.2) is 19.6 Å². The van der Waals surface area contributed by atoms with Gasteiger partial charge in [-0.15, -0.1) is 0 Å². The van der Waals surface area contributed by atoms with E-state index < -0.39 is 0 Å². The molecule has 0 fully saturated rings. The Hall–Kier alpha value is -2.49. The van der Waals surface area contributed by atoms with Gasteiger partial charge in [0, 0.05) is 5.69 Å². The molecule has 2 aromatic rings. The fourth-order valence-corrected chi connectivity index (χ4v) is 4.52. The number of hydrogen-bond donors (Lipinski definition) is 1. The fourth-order valence-electron chi connectivity index (χ4n) is 4.52. The van der Waals surface area contributed by atoms with Crippen LogP contribution in [0.2, 0.25) is 0 Å². The maximum absolute atomic E-state index is 13.2. The average Bonchev–Trinajstić information content (AvgIpc) is 2.87. The predicted octanol–water partition coefficient (Wildman–Crippen LogP) is 8.98. The third kappa shape index (κ3) is 11.2. The zero-order chi connectivity index (χ0) is 25.1. The van der Waals surface area contributed by atoms with Crippen LogP contribution in [-0.2, 0) is 6.42 Å². The first-order valence-electron chi connectivity index (χ1n) is 13.9. The monoisotopic (exact) mass is 481 g/mol. The first-order chi connectivity index (χ1) is 17.2. The molecular weight excluding hydrogens is 434 g/mol. The van der Waals surface area contributed by atoms with Gasteiger partial charge in [0.25, 0.3) is 5.91 Å². The summed E-state index contributed by atoms with van der Waals surface area (Å²) in [5, 5.41) is 3.02.